The van der Waals surface area contributed by atoms with E-state index in [9.17, 15) is 26.7 Å². The third-order valence-electron chi connectivity index (χ3n) is 4.89. The normalized spacial score (nSPS) is 11.9. The molecule has 7 nitrogen and oxygen atoms in total. The van der Waals surface area contributed by atoms with Crippen LogP contribution in [-0.2, 0) is 23.9 Å². The molecule has 0 saturated heterocycles. The third-order valence-corrected chi connectivity index (χ3v) is 4.89. The van der Waals surface area contributed by atoms with Crippen molar-refractivity contribution in [2.24, 2.45) is 0 Å². The number of benzene rings is 1. The summed E-state index contributed by atoms with van der Waals surface area (Å²) in [5, 5.41) is 3.49. The van der Waals surface area contributed by atoms with Gasteiger partial charge in [0.15, 0.2) is 0 Å². The zero-order valence-electron chi connectivity index (χ0n) is 17.5. The van der Waals surface area contributed by atoms with Crippen LogP contribution in [0.25, 0.3) is 5.78 Å². The maximum absolute atomic E-state index is 12.9. The summed E-state index contributed by atoms with van der Waals surface area (Å²) in [5.41, 5.74) is 2.24. The van der Waals surface area contributed by atoms with Crippen molar-refractivity contribution in [3.8, 4) is 5.75 Å². The van der Waals surface area contributed by atoms with Gasteiger partial charge in [-0.25, -0.2) is 9.50 Å². The Balaban J connectivity index is 1.67. The maximum atomic E-state index is 12.9. The summed E-state index contributed by atoms with van der Waals surface area (Å²) in [6.07, 6.45) is -4.33. The molecule has 0 unspecified atom stereocenters. The second kappa shape index (κ2) is 9.05. The number of fused-ring (bicyclic) bond motifs is 1. The highest BCUT2D eigenvalue weighted by Crippen LogP contribution is 2.27. The molecule has 172 valence electrons. The zero-order valence-corrected chi connectivity index (χ0v) is 17.5. The van der Waals surface area contributed by atoms with Gasteiger partial charge in [-0.05, 0) is 43.5 Å². The van der Waals surface area contributed by atoms with Crippen molar-refractivity contribution in [3.63, 3.8) is 0 Å². The molecule has 3 rings (SSSR count). The molecular formula is C20H20F5N5O2. The molecule has 0 saturated carbocycles. The Hall–Kier alpha value is -3.31. The molecule has 1 aromatic carbocycles. The minimum atomic E-state index is -4.68. The summed E-state index contributed by atoms with van der Waals surface area (Å²) in [6, 6.07) is 5.94. The molecule has 0 N–H and O–H groups in total. The first kappa shape index (κ1) is 23.4. The smallest absolute Gasteiger partial charge is 0.435 e. The van der Waals surface area contributed by atoms with Gasteiger partial charge >= 0.3 is 12.8 Å². The molecule has 0 spiro atoms. The molecule has 0 aliphatic rings. The van der Waals surface area contributed by atoms with Gasteiger partial charge in [0.1, 0.15) is 5.75 Å². The summed E-state index contributed by atoms with van der Waals surface area (Å²) in [6.45, 7) is 0.578. The Morgan fingerprint density at radius 1 is 1.16 bits per heavy atom. The highest BCUT2D eigenvalue weighted by atomic mass is 19.4. The van der Waals surface area contributed by atoms with E-state index in [0.29, 0.717) is 17.0 Å². The highest BCUT2D eigenvalue weighted by molar-refractivity contribution is 5.76. The Bertz CT molecular complexity index is 1110. The number of aromatic nitrogens is 4. The predicted molar refractivity (Wildman–Crippen MR) is 103 cm³/mol. The van der Waals surface area contributed by atoms with Gasteiger partial charge in [0.2, 0.25) is 5.91 Å². The molecule has 1 amide bonds. The van der Waals surface area contributed by atoms with Crippen LogP contribution in [0.2, 0.25) is 0 Å². The van der Waals surface area contributed by atoms with E-state index >= 15 is 0 Å². The van der Waals surface area contributed by atoms with Crippen molar-refractivity contribution in [1.29, 1.82) is 0 Å². The van der Waals surface area contributed by atoms with E-state index in [4.69, 9.17) is 0 Å². The van der Waals surface area contributed by atoms with Crippen LogP contribution in [-0.4, -0.2) is 44.0 Å². The molecule has 0 aliphatic heterocycles. The fourth-order valence-electron chi connectivity index (χ4n) is 3.25. The standard InChI is InChI=1S/C20H20F5N5O2/c1-11-15(12(2)30-19(26-11)27-17(28-30)20(23,24)25)8-9-16(31)29(3)10-13-4-6-14(7-5-13)32-18(21)22/h4-7,18H,8-10H2,1-3H3. The minimum absolute atomic E-state index is 0.0216. The Morgan fingerprint density at radius 3 is 2.41 bits per heavy atom. The number of halogens is 5. The Labute approximate surface area is 179 Å². The number of hydrogen-bond acceptors (Lipinski definition) is 5. The molecule has 0 bridgehead atoms. The van der Waals surface area contributed by atoms with Crippen LogP contribution in [0.4, 0.5) is 22.0 Å². The zero-order chi connectivity index (χ0) is 23.6. The topological polar surface area (TPSA) is 72.6 Å². The number of nitrogens with zero attached hydrogens (tertiary/aromatic N) is 5. The van der Waals surface area contributed by atoms with Gasteiger partial charge in [0.25, 0.3) is 11.6 Å². The van der Waals surface area contributed by atoms with Crippen LogP contribution in [0.1, 0.15) is 34.8 Å². The minimum Gasteiger partial charge on any atom is -0.435 e. The Kier molecular flexibility index (Phi) is 6.60. The second-order valence-corrected chi connectivity index (χ2v) is 7.18. The van der Waals surface area contributed by atoms with E-state index in [0.717, 1.165) is 10.1 Å². The van der Waals surface area contributed by atoms with Crippen molar-refractivity contribution in [2.75, 3.05) is 7.05 Å². The highest BCUT2D eigenvalue weighted by Gasteiger charge is 2.37. The van der Waals surface area contributed by atoms with Crippen LogP contribution in [0.3, 0.4) is 0 Å². The molecule has 0 fully saturated rings. The van der Waals surface area contributed by atoms with Crippen molar-refractivity contribution in [2.45, 2.75) is 46.0 Å². The summed E-state index contributed by atoms with van der Waals surface area (Å²) >= 11 is 0. The molecule has 0 aliphatic carbocycles. The van der Waals surface area contributed by atoms with E-state index in [2.05, 4.69) is 19.8 Å². The molecule has 2 aromatic heterocycles. The number of rotatable bonds is 7. The van der Waals surface area contributed by atoms with Crippen LogP contribution in [0.5, 0.6) is 5.75 Å². The summed E-state index contributed by atoms with van der Waals surface area (Å²) in [4.78, 5) is 21.5. The van der Waals surface area contributed by atoms with Crippen LogP contribution < -0.4 is 4.74 Å². The lowest BCUT2D eigenvalue weighted by Crippen LogP contribution is -2.26. The predicted octanol–water partition coefficient (Wildman–Crippen LogP) is 3.95. The van der Waals surface area contributed by atoms with E-state index in [1.165, 1.54) is 17.0 Å². The van der Waals surface area contributed by atoms with Gasteiger partial charge in [-0.1, -0.05) is 12.1 Å². The van der Waals surface area contributed by atoms with Crippen molar-refractivity contribution < 1.29 is 31.5 Å². The molecule has 32 heavy (non-hydrogen) atoms. The molecular weight excluding hydrogens is 437 g/mol. The third kappa shape index (κ3) is 5.29. The number of aryl methyl sites for hydroxylation is 2. The molecule has 0 radical (unpaired) electrons. The number of hydrogen-bond donors (Lipinski definition) is 0. The van der Waals surface area contributed by atoms with Gasteiger partial charge < -0.3 is 9.64 Å². The largest absolute Gasteiger partial charge is 0.453 e. The van der Waals surface area contributed by atoms with Crippen molar-refractivity contribution >= 4 is 11.7 Å². The van der Waals surface area contributed by atoms with Gasteiger partial charge in [-0.15, -0.1) is 5.10 Å². The van der Waals surface area contributed by atoms with Gasteiger partial charge in [-0.2, -0.15) is 26.9 Å². The van der Waals surface area contributed by atoms with E-state index < -0.39 is 18.6 Å². The molecule has 12 heteroatoms. The fourth-order valence-corrected chi connectivity index (χ4v) is 3.25. The quantitative estimate of drug-likeness (QED) is 0.503. The lowest BCUT2D eigenvalue weighted by Gasteiger charge is -2.18. The monoisotopic (exact) mass is 457 g/mol. The molecule has 0 atom stereocenters. The molecule has 2 heterocycles. The average molecular weight is 457 g/mol. The van der Waals surface area contributed by atoms with E-state index in [1.54, 1.807) is 33.0 Å². The second-order valence-electron chi connectivity index (χ2n) is 7.18. The SMILES string of the molecule is Cc1nc2nc(C(F)(F)F)nn2c(C)c1CCC(=O)N(C)Cc1ccc(OC(F)F)cc1. The van der Waals surface area contributed by atoms with Crippen LogP contribution in [0, 0.1) is 13.8 Å². The van der Waals surface area contributed by atoms with Crippen molar-refractivity contribution in [1.82, 2.24) is 24.5 Å². The first-order valence-electron chi connectivity index (χ1n) is 9.53. The first-order valence-corrected chi connectivity index (χ1v) is 9.53. The van der Waals surface area contributed by atoms with E-state index in [-0.39, 0.29) is 36.8 Å². The summed E-state index contributed by atoms with van der Waals surface area (Å²) in [7, 11) is 1.60. The van der Waals surface area contributed by atoms with Crippen molar-refractivity contribution in [3.05, 3.63) is 52.6 Å². The van der Waals surface area contributed by atoms with Crippen LogP contribution >= 0.6 is 0 Å². The number of alkyl halides is 5. The van der Waals surface area contributed by atoms with E-state index in [1.807, 2.05) is 0 Å². The lowest BCUT2D eigenvalue weighted by atomic mass is 10.1. The van der Waals surface area contributed by atoms with Gasteiger partial charge in [0, 0.05) is 31.4 Å². The molecule has 3 aromatic rings. The van der Waals surface area contributed by atoms with Gasteiger partial charge in [-0.3, -0.25) is 4.79 Å². The van der Waals surface area contributed by atoms with Gasteiger partial charge in [0.05, 0.1) is 0 Å². The van der Waals surface area contributed by atoms with Crippen LogP contribution in [0.15, 0.2) is 24.3 Å². The average Bonchev–Trinajstić information content (AvgIpc) is 3.13. The number of carbonyl (C=O) groups is 1. The number of carbonyl (C=O) groups excluding carboxylic acids is 1. The maximum Gasteiger partial charge on any atom is 0.453 e. The lowest BCUT2D eigenvalue weighted by molar-refractivity contribution is -0.144. The number of amides is 1. The summed E-state index contributed by atoms with van der Waals surface area (Å²) < 4.78 is 68.5. The fraction of sp³-hybridized carbons (Fsp3) is 0.400. The Morgan fingerprint density at radius 2 is 1.81 bits per heavy atom. The summed E-state index contributed by atoms with van der Waals surface area (Å²) in [5.74, 6) is -1.61. The first-order chi connectivity index (χ1) is 15.0. The number of ether oxygens (including phenoxy) is 1.